The number of hydrogen-bond donors (Lipinski definition) is 2. The predicted octanol–water partition coefficient (Wildman–Crippen LogP) is 1.22. The predicted molar refractivity (Wildman–Crippen MR) is 94.0 cm³/mol. The smallest absolute Gasteiger partial charge is 0.191 e. The van der Waals surface area contributed by atoms with Crippen LogP contribution in [0.25, 0.3) is 0 Å². The monoisotopic (exact) mass is 326 g/mol. The quantitative estimate of drug-likeness (QED) is 0.359. The highest BCUT2D eigenvalue weighted by Crippen LogP contribution is 2.26. The van der Waals surface area contributed by atoms with E-state index in [4.69, 9.17) is 9.47 Å². The van der Waals surface area contributed by atoms with Crippen molar-refractivity contribution in [2.45, 2.75) is 57.2 Å². The topological polar surface area (TPSA) is 58.1 Å². The SMILES string of the molecule is CN=C(NCCCOCC1CCCO1)NCC(C)N(C)C1CC1. The number of likely N-dealkylation sites (N-methyl/N-ethyl adjacent to an activating group) is 1. The van der Waals surface area contributed by atoms with Crippen LogP contribution >= 0.6 is 0 Å². The zero-order valence-electron chi connectivity index (χ0n) is 15.0. The minimum atomic E-state index is 0.322. The first-order valence-corrected chi connectivity index (χ1v) is 9.06. The number of ether oxygens (including phenoxy) is 2. The van der Waals surface area contributed by atoms with Gasteiger partial charge in [0.15, 0.2) is 5.96 Å². The van der Waals surface area contributed by atoms with Gasteiger partial charge in [-0.15, -0.1) is 0 Å². The Bertz CT molecular complexity index is 355. The van der Waals surface area contributed by atoms with Crippen LogP contribution in [0.15, 0.2) is 4.99 Å². The van der Waals surface area contributed by atoms with E-state index >= 15 is 0 Å². The van der Waals surface area contributed by atoms with E-state index in [1.54, 1.807) is 0 Å². The van der Waals surface area contributed by atoms with Crippen molar-refractivity contribution in [1.29, 1.82) is 0 Å². The second-order valence-electron chi connectivity index (χ2n) is 6.69. The van der Waals surface area contributed by atoms with Crippen LogP contribution in [0.2, 0.25) is 0 Å². The van der Waals surface area contributed by atoms with Gasteiger partial charge in [0.05, 0.1) is 12.7 Å². The van der Waals surface area contributed by atoms with Gasteiger partial charge in [-0.05, 0) is 46.1 Å². The van der Waals surface area contributed by atoms with E-state index in [9.17, 15) is 0 Å². The Hall–Kier alpha value is -0.850. The van der Waals surface area contributed by atoms with Crippen molar-refractivity contribution >= 4 is 5.96 Å². The van der Waals surface area contributed by atoms with Gasteiger partial charge in [-0.2, -0.15) is 0 Å². The van der Waals surface area contributed by atoms with Gasteiger partial charge < -0.3 is 20.1 Å². The van der Waals surface area contributed by atoms with Gasteiger partial charge in [-0.1, -0.05) is 0 Å². The lowest BCUT2D eigenvalue weighted by molar-refractivity contribution is 0.0168. The van der Waals surface area contributed by atoms with Gasteiger partial charge in [0.2, 0.25) is 0 Å². The summed E-state index contributed by atoms with van der Waals surface area (Å²) in [5.41, 5.74) is 0. The molecule has 0 radical (unpaired) electrons. The molecule has 1 saturated heterocycles. The molecule has 2 unspecified atom stereocenters. The minimum absolute atomic E-state index is 0.322. The first kappa shape index (κ1) is 18.5. The number of hydrogen-bond acceptors (Lipinski definition) is 4. The molecule has 1 heterocycles. The molecule has 0 aromatic heterocycles. The van der Waals surface area contributed by atoms with Gasteiger partial charge in [0.25, 0.3) is 0 Å². The summed E-state index contributed by atoms with van der Waals surface area (Å²) in [5, 5.41) is 6.75. The Morgan fingerprint density at radius 3 is 2.83 bits per heavy atom. The van der Waals surface area contributed by atoms with Gasteiger partial charge in [0, 0.05) is 45.4 Å². The third kappa shape index (κ3) is 7.06. The highest BCUT2D eigenvalue weighted by molar-refractivity contribution is 5.79. The lowest BCUT2D eigenvalue weighted by Gasteiger charge is -2.25. The fraction of sp³-hybridized carbons (Fsp3) is 0.941. The molecular weight excluding hydrogens is 292 g/mol. The average Bonchev–Trinajstić information content (AvgIpc) is 3.29. The fourth-order valence-electron chi connectivity index (χ4n) is 2.82. The van der Waals surface area contributed by atoms with Crippen molar-refractivity contribution in [2.24, 2.45) is 4.99 Å². The third-order valence-electron chi connectivity index (χ3n) is 4.69. The maximum atomic E-state index is 5.66. The van der Waals surface area contributed by atoms with Crippen LogP contribution in [0.4, 0.5) is 0 Å². The van der Waals surface area contributed by atoms with Gasteiger partial charge in [-0.3, -0.25) is 9.89 Å². The summed E-state index contributed by atoms with van der Waals surface area (Å²) in [7, 11) is 4.03. The number of rotatable bonds is 10. The van der Waals surface area contributed by atoms with Gasteiger partial charge >= 0.3 is 0 Å². The molecule has 23 heavy (non-hydrogen) atoms. The van der Waals surface area contributed by atoms with Crippen molar-refractivity contribution in [3.63, 3.8) is 0 Å². The average molecular weight is 326 g/mol. The molecule has 1 saturated carbocycles. The third-order valence-corrected chi connectivity index (χ3v) is 4.69. The van der Waals surface area contributed by atoms with E-state index in [2.05, 4.69) is 34.5 Å². The molecule has 0 bridgehead atoms. The number of nitrogens with one attached hydrogen (secondary N) is 2. The first-order valence-electron chi connectivity index (χ1n) is 9.06. The molecule has 2 N–H and O–H groups in total. The Kier molecular flexibility index (Phi) is 8.12. The van der Waals surface area contributed by atoms with E-state index in [0.717, 1.165) is 57.8 Å². The van der Waals surface area contributed by atoms with Crippen molar-refractivity contribution in [3.8, 4) is 0 Å². The molecule has 134 valence electrons. The molecule has 0 spiro atoms. The maximum Gasteiger partial charge on any atom is 0.191 e. The van der Waals surface area contributed by atoms with Gasteiger partial charge in [-0.25, -0.2) is 0 Å². The highest BCUT2D eigenvalue weighted by Gasteiger charge is 2.28. The Labute approximate surface area is 141 Å². The number of nitrogens with zero attached hydrogens (tertiary/aromatic N) is 2. The van der Waals surface area contributed by atoms with Crippen molar-refractivity contribution in [3.05, 3.63) is 0 Å². The van der Waals surface area contributed by atoms with E-state index in [-0.39, 0.29) is 0 Å². The Morgan fingerprint density at radius 2 is 2.17 bits per heavy atom. The van der Waals surface area contributed by atoms with E-state index in [0.29, 0.717) is 12.1 Å². The standard InChI is InChI=1S/C17H34N4O2/c1-14(21(3)15-7-8-15)12-20-17(18-2)19-9-5-10-22-13-16-6-4-11-23-16/h14-16H,4-13H2,1-3H3,(H2,18,19,20). The van der Waals surface area contributed by atoms with Crippen LogP contribution < -0.4 is 10.6 Å². The van der Waals surface area contributed by atoms with Gasteiger partial charge in [0.1, 0.15) is 0 Å². The second kappa shape index (κ2) is 10.1. The summed E-state index contributed by atoms with van der Waals surface area (Å²) in [6, 6.07) is 1.32. The molecule has 0 amide bonds. The lowest BCUT2D eigenvalue weighted by atomic mass is 10.2. The van der Waals surface area contributed by atoms with Crippen LogP contribution in [0.1, 0.15) is 39.0 Å². The molecule has 2 aliphatic rings. The zero-order chi connectivity index (χ0) is 16.5. The van der Waals surface area contributed by atoms with Crippen molar-refractivity contribution in [2.75, 3.05) is 47.0 Å². The second-order valence-corrected chi connectivity index (χ2v) is 6.69. The molecule has 6 heteroatoms. The largest absolute Gasteiger partial charge is 0.379 e. The molecular formula is C17H34N4O2. The van der Waals surface area contributed by atoms with Crippen LogP contribution in [0.5, 0.6) is 0 Å². The molecule has 0 aromatic carbocycles. The first-order chi connectivity index (χ1) is 11.2. The zero-order valence-corrected chi connectivity index (χ0v) is 15.0. The Balaban J connectivity index is 1.47. The minimum Gasteiger partial charge on any atom is -0.379 e. The highest BCUT2D eigenvalue weighted by atomic mass is 16.5. The molecule has 2 fully saturated rings. The molecule has 1 aliphatic carbocycles. The summed E-state index contributed by atoms with van der Waals surface area (Å²) in [4.78, 5) is 6.73. The summed E-state index contributed by atoms with van der Waals surface area (Å²) in [6.07, 6.45) is 6.31. The van der Waals surface area contributed by atoms with Crippen LogP contribution in [-0.2, 0) is 9.47 Å². The molecule has 6 nitrogen and oxygen atoms in total. The van der Waals surface area contributed by atoms with Crippen LogP contribution in [0.3, 0.4) is 0 Å². The Morgan fingerprint density at radius 1 is 1.35 bits per heavy atom. The number of aliphatic imine (C=N–C) groups is 1. The molecule has 0 aromatic rings. The molecule has 2 rings (SSSR count). The van der Waals surface area contributed by atoms with E-state index in [1.807, 2.05) is 7.05 Å². The molecule has 1 aliphatic heterocycles. The summed E-state index contributed by atoms with van der Waals surface area (Å²) < 4.78 is 11.2. The van der Waals surface area contributed by atoms with E-state index in [1.165, 1.54) is 19.3 Å². The summed E-state index contributed by atoms with van der Waals surface area (Å²) in [5.74, 6) is 0.875. The van der Waals surface area contributed by atoms with Crippen LogP contribution in [0, 0.1) is 0 Å². The summed E-state index contributed by atoms with van der Waals surface area (Å²) >= 11 is 0. The normalized spacial score (nSPS) is 23.3. The van der Waals surface area contributed by atoms with E-state index < -0.39 is 0 Å². The fourth-order valence-corrected chi connectivity index (χ4v) is 2.82. The summed E-state index contributed by atoms with van der Waals surface area (Å²) in [6.45, 7) is 6.45. The van der Waals surface area contributed by atoms with Crippen molar-refractivity contribution < 1.29 is 9.47 Å². The van der Waals surface area contributed by atoms with Crippen molar-refractivity contribution in [1.82, 2.24) is 15.5 Å². The lowest BCUT2D eigenvalue weighted by Crippen LogP contribution is -2.45. The molecule has 2 atom stereocenters. The maximum absolute atomic E-state index is 5.66. The number of guanidine groups is 1. The van der Waals surface area contributed by atoms with Crippen LogP contribution in [-0.4, -0.2) is 76.1 Å².